The Morgan fingerprint density at radius 2 is 1.67 bits per heavy atom. The van der Waals surface area contributed by atoms with Crippen molar-refractivity contribution >= 4 is 28.0 Å². The molecule has 0 spiro atoms. The fourth-order valence-corrected chi connectivity index (χ4v) is 5.10. The molecule has 0 bridgehead atoms. The summed E-state index contributed by atoms with van der Waals surface area (Å²) in [5.74, 6) is -1.04. The minimum Gasteiger partial charge on any atom is -0.452 e. The van der Waals surface area contributed by atoms with Gasteiger partial charge in [0.15, 0.2) is 6.61 Å². The second kappa shape index (κ2) is 11.8. The largest absolute Gasteiger partial charge is 0.452 e. The monoisotopic (exact) mass is 470 g/mol. The molecule has 7 nitrogen and oxygen atoms in total. The van der Waals surface area contributed by atoms with Crippen LogP contribution >= 0.6 is 0 Å². The molecule has 1 heterocycles. The molecular weight excluding hydrogens is 440 g/mol. The van der Waals surface area contributed by atoms with Gasteiger partial charge in [-0.2, -0.15) is 4.31 Å². The lowest BCUT2D eigenvalue weighted by Crippen LogP contribution is -2.31. The molecule has 1 saturated heterocycles. The van der Waals surface area contributed by atoms with Crippen LogP contribution in [0.4, 0.5) is 0 Å². The first-order valence-corrected chi connectivity index (χ1v) is 12.6. The Hall–Kier alpha value is -2.97. The van der Waals surface area contributed by atoms with Crippen LogP contribution in [0.5, 0.6) is 0 Å². The van der Waals surface area contributed by atoms with Gasteiger partial charge in [0.25, 0.3) is 5.91 Å². The smallest absolute Gasteiger partial charge is 0.331 e. The van der Waals surface area contributed by atoms with Crippen LogP contribution in [0.1, 0.15) is 42.4 Å². The standard InChI is InChI=1S/C25H30N2O5S/c1-20-8-4-5-9-22(20)18-26-24(28)19-32-25(29)15-12-21-10-13-23(14-11-21)33(30,31)27-16-6-2-3-7-17-27/h4-5,8-15H,2-3,6-7,16-19H2,1H3,(H,26,28)/b15-12+. The molecule has 1 amide bonds. The summed E-state index contributed by atoms with van der Waals surface area (Å²) in [6.07, 6.45) is 6.61. The first kappa shape index (κ1) is 24.7. The summed E-state index contributed by atoms with van der Waals surface area (Å²) < 4.78 is 32.2. The van der Waals surface area contributed by atoms with E-state index in [0.717, 1.165) is 36.8 Å². The maximum atomic E-state index is 12.8. The molecule has 3 rings (SSSR count). The summed E-state index contributed by atoms with van der Waals surface area (Å²) in [5, 5.41) is 2.72. The molecule has 0 radical (unpaired) electrons. The third-order valence-corrected chi connectivity index (χ3v) is 7.49. The molecular formula is C25H30N2O5S. The van der Waals surface area contributed by atoms with Crippen molar-refractivity contribution in [2.75, 3.05) is 19.7 Å². The van der Waals surface area contributed by atoms with Gasteiger partial charge in [-0.25, -0.2) is 13.2 Å². The predicted molar refractivity (Wildman–Crippen MR) is 127 cm³/mol. The van der Waals surface area contributed by atoms with E-state index in [1.54, 1.807) is 28.6 Å². The van der Waals surface area contributed by atoms with Crippen LogP contribution in [0.2, 0.25) is 0 Å². The Morgan fingerprint density at radius 3 is 2.33 bits per heavy atom. The molecule has 0 atom stereocenters. The van der Waals surface area contributed by atoms with Crippen molar-refractivity contribution < 1.29 is 22.7 Å². The second-order valence-electron chi connectivity index (χ2n) is 8.03. The molecule has 0 aliphatic carbocycles. The van der Waals surface area contributed by atoms with Crippen molar-refractivity contribution in [3.8, 4) is 0 Å². The molecule has 1 fully saturated rings. The molecule has 0 saturated carbocycles. The molecule has 2 aromatic carbocycles. The summed E-state index contributed by atoms with van der Waals surface area (Å²) in [7, 11) is -3.51. The quantitative estimate of drug-likeness (QED) is 0.471. The molecule has 2 aromatic rings. The van der Waals surface area contributed by atoms with Crippen molar-refractivity contribution in [3.05, 3.63) is 71.3 Å². The highest BCUT2D eigenvalue weighted by Crippen LogP contribution is 2.21. The SMILES string of the molecule is Cc1ccccc1CNC(=O)COC(=O)/C=C/c1ccc(S(=O)(=O)N2CCCCCC2)cc1. The van der Waals surface area contributed by atoms with Crippen molar-refractivity contribution in [2.45, 2.75) is 44.0 Å². The van der Waals surface area contributed by atoms with Gasteiger partial charge in [0.2, 0.25) is 10.0 Å². The van der Waals surface area contributed by atoms with E-state index in [1.807, 2.05) is 31.2 Å². The molecule has 1 N–H and O–H groups in total. The number of benzene rings is 2. The number of hydrogen-bond donors (Lipinski definition) is 1. The van der Waals surface area contributed by atoms with Crippen molar-refractivity contribution in [1.29, 1.82) is 0 Å². The van der Waals surface area contributed by atoms with Crippen LogP contribution in [0.3, 0.4) is 0 Å². The lowest BCUT2D eigenvalue weighted by Gasteiger charge is -2.19. The zero-order valence-corrected chi connectivity index (χ0v) is 19.6. The number of sulfonamides is 1. The molecule has 1 aliphatic rings. The number of hydrogen-bond acceptors (Lipinski definition) is 5. The number of carbonyl (C=O) groups excluding carboxylic acids is 2. The molecule has 0 aromatic heterocycles. The van der Waals surface area contributed by atoms with Crippen LogP contribution in [0.25, 0.3) is 6.08 Å². The van der Waals surface area contributed by atoms with Gasteiger partial charge in [0, 0.05) is 25.7 Å². The van der Waals surface area contributed by atoms with E-state index in [9.17, 15) is 18.0 Å². The zero-order chi connectivity index (χ0) is 23.7. The van der Waals surface area contributed by atoms with Crippen LogP contribution in [-0.4, -0.2) is 44.3 Å². The number of ether oxygens (including phenoxy) is 1. The molecule has 1 aliphatic heterocycles. The van der Waals surface area contributed by atoms with Crippen LogP contribution < -0.4 is 5.32 Å². The minimum absolute atomic E-state index is 0.245. The lowest BCUT2D eigenvalue weighted by atomic mass is 10.1. The molecule has 8 heteroatoms. The molecule has 0 unspecified atom stereocenters. The van der Waals surface area contributed by atoms with Crippen molar-refractivity contribution in [2.24, 2.45) is 0 Å². The summed E-state index contributed by atoms with van der Waals surface area (Å²) in [6, 6.07) is 14.1. The molecule has 176 valence electrons. The van der Waals surface area contributed by atoms with E-state index in [0.29, 0.717) is 25.2 Å². The third kappa shape index (κ3) is 7.27. The topological polar surface area (TPSA) is 92.8 Å². The number of carbonyl (C=O) groups is 2. The third-order valence-electron chi connectivity index (χ3n) is 5.58. The van der Waals surface area contributed by atoms with Crippen molar-refractivity contribution in [1.82, 2.24) is 9.62 Å². The Labute approximate surface area is 195 Å². The fourth-order valence-electron chi connectivity index (χ4n) is 3.58. The Kier molecular flexibility index (Phi) is 8.79. The van der Waals surface area contributed by atoms with Gasteiger partial charge in [-0.15, -0.1) is 0 Å². The Morgan fingerprint density at radius 1 is 1.00 bits per heavy atom. The highest BCUT2D eigenvalue weighted by atomic mass is 32.2. The average molecular weight is 471 g/mol. The fraction of sp³-hybridized carbons (Fsp3) is 0.360. The normalized spacial score (nSPS) is 15.2. The maximum Gasteiger partial charge on any atom is 0.331 e. The van der Waals surface area contributed by atoms with Gasteiger partial charge in [-0.05, 0) is 54.7 Å². The van der Waals surface area contributed by atoms with Crippen LogP contribution in [0.15, 0.2) is 59.5 Å². The van der Waals surface area contributed by atoms with Crippen molar-refractivity contribution in [3.63, 3.8) is 0 Å². The number of aryl methyl sites for hydroxylation is 1. The minimum atomic E-state index is -3.51. The summed E-state index contributed by atoms with van der Waals surface area (Å²) in [4.78, 5) is 24.1. The van der Waals surface area contributed by atoms with Gasteiger partial charge in [-0.3, -0.25) is 4.79 Å². The first-order valence-electron chi connectivity index (χ1n) is 11.1. The van der Waals surface area contributed by atoms with Gasteiger partial charge < -0.3 is 10.1 Å². The van der Waals surface area contributed by atoms with Gasteiger partial charge >= 0.3 is 5.97 Å². The molecule has 33 heavy (non-hydrogen) atoms. The van der Waals surface area contributed by atoms with Crippen LogP contribution in [-0.2, 0) is 30.9 Å². The van der Waals surface area contributed by atoms with E-state index >= 15 is 0 Å². The summed E-state index contributed by atoms with van der Waals surface area (Å²) >= 11 is 0. The van der Waals surface area contributed by atoms with Gasteiger partial charge in [0.1, 0.15) is 0 Å². The van der Waals surface area contributed by atoms with E-state index < -0.39 is 16.0 Å². The van der Waals surface area contributed by atoms with Gasteiger partial charge in [-0.1, -0.05) is 49.2 Å². The zero-order valence-electron chi connectivity index (χ0n) is 18.8. The lowest BCUT2D eigenvalue weighted by molar-refractivity contribution is -0.143. The van der Waals surface area contributed by atoms with E-state index in [1.165, 1.54) is 12.2 Å². The number of amides is 1. The highest BCUT2D eigenvalue weighted by Gasteiger charge is 2.24. The van der Waals surface area contributed by atoms with Gasteiger partial charge in [0.05, 0.1) is 4.90 Å². The Balaban J connectivity index is 1.47. The average Bonchev–Trinajstić information content (AvgIpc) is 3.11. The first-order chi connectivity index (χ1) is 15.9. The maximum absolute atomic E-state index is 12.8. The summed E-state index contributed by atoms with van der Waals surface area (Å²) in [6.45, 7) is 3.06. The van der Waals surface area contributed by atoms with E-state index in [-0.39, 0.29) is 17.4 Å². The Bertz CT molecular complexity index is 1090. The second-order valence-corrected chi connectivity index (χ2v) is 9.97. The highest BCUT2D eigenvalue weighted by molar-refractivity contribution is 7.89. The summed E-state index contributed by atoms with van der Waals surface area (Å²) in [5.41, 5.74) is 2.73. The number of esters is 1. The van der Waals surface area contributed by atoms with Crippen LogP contribution in [0, 0.1) is 6.92 Å². The van der Waals surface area contributed by atoms with E-state index in [2.05, 4.69) is 5.32 Å². The number of nitrogens with one attached hydrogen (secondary N) is 1. The predicted octanol–water partition coefficient (Wildman–Crippen LogP) is 3.43. The number of nitrogens with zero attached hydrogens (tertiary/aromatic N) is 1. The van der Waals surface area contributed by atoms with E-state index in [4.69, 9.17) is 4.74 Å². The number of rotatable bonds is 8.